The zero-order valence-electron chi connectivity index (χ0n) is 12.9. The number of anilines is 3. The number of nitrogens with zero attached hydrogens (tertiary/aromatic N) is 2. The molecule has 3 N–H and O–H groups in total. The van der Waals surface area contributed by atoms with Gasteiger partial charge in [0.05, 0.1) is 11.4 Å². The van der Waals surface area contributed by atoms with E-state index in [2.05, 4.69) is 56.3 Å². The van der Waals surface area contributed by atoms with Crippen LogP contribution in [0.2, 0.25) is 0 Å². The van der Waals surface area contributed by atoms with E-state index in [1.165, 1.54) is 5.56 Å². The van der Waals surface area contributed by atoms with Crippen LogP contribution < -0.4 is 11.1 Å². The summed E-state index contributed by atoms with van der Waals surface area (Å²) in [4.78, 5) is 0. The van der Waals surface area contributed by atoms with Gasteiger partial charge in [-0.25, -0.2) is 4.68 Å². The van der Waals surface area contributed by atoms with Gasteiger partial charge < -0.3 is 11.1 Å². The van der Waals surface area contributed by atoms with Crippen LogP contribution in [0.25, 0.3) is 0 Å². The Kier molecular flexibility index (Phi) is 4.02. The smallest absolute Gasteiger partial charge is 0.152 e. The molecule has 0 aliphatic carbocycles. The number of hydrogen-bond donors (Lipinski definition) is 2. The Balaban J connectivity index is 2.45. The highest BCUT2D eigenvalue weighted by molar-refractivity contribution is 5.73. The fourth-order valence-electron chi connectivity index (χ4n) is 2.30. The van der Waals surface area contributed by atoms with Gasteiger partial charge in [0.15, 0.2) is 5.82 Å². The molecular formula is C16H24N4. The third-order valence-corrected chi connectivity index (χ3v) is 3.46. The molecule has 0 bridgehead atoms. The molecule has 0 radical (unpaired) electrons. The van der Waals surface area contributed by atoms with Gasteiger partial charge in [-0.05, 0) is 38.3 Å². The Morgan fingerprint density at radius 2 is 1.80 bits per heavy atom. The van der Waals surface area contributed by atoms with Crippen LogP contribution in [0.3, 0.4) is 0 Å². The zero-order chi connectivity index (χ0) is 14.9. The quantitative estimate of drug-likeness (QED) is 0.876. The number of aromatic nitrogens is 2. The second-order valence-corrected chi connectivity index (χ2v) is 5.75. The average Bonchev–Trinajstić information content (AvgIpc) is 2.67. The molecule has 108 valence electrons. The standard InChI is InChI=1S/C16H24N4/c1-10(2)13-8-6-7-9-14(13)18-16-15(17)12(5)19-20(16)11(3)4/h6-11,18H,17H2,1-5H3. The Labute approximate surface area is 121 Å². The predicted octanol–water partition coefficient (Wildman–Crippen LogP) is 4.22. The summed E-state index contributed by atoms with van der Waals surface area (Å²) in [6.45, 7) is 10.5. The van der Waals surface area contributed by atoms with Crippen molar-refractivity contribution in [2.75, 3.05) is 11.1 Å². The minimum Gasteiger partial charge on any atom is -0.394 e. The maximum Gasteiger partial charge on any atom is 0.152 e. The summed E-state index contributed by atoms with van der Waals surface area (Å²) in [5, 5.41) is 7.98. The van der Waals surface area contributed by atoms with Gasteiger partial charge >= 0.3 is 0 Å². The molecule has 0 saturated heterocycles. The van der Waals surface area contributed by atoms with Gasteiger partial charge in [-0.3, -0.25) is 0 Å². The fraction of sp³-hybridized carbons (Fsp3) is 0.438. The molecule has 20 heavy (non-hydrogen) atoms. The molecule has 0 aliphatic rings. The van der Waals surface area contributed by atoms with Crippen molar-refractivity contribution in [3.63, 3.8) is 0 Å². The van der Waals surface area contributed by atoms with E-state index >= 15 is 0 Å². The summed E-state index contributed by atoms with van der Waals surface area (Å²) in [6.07, 6.45) is 0. The lowest BCUT2D eigenvalue weighted by Gasteiger charge is -2.17. The number of para-hydroxylation sites is 1. The highest BCUT2D eigenvalue weighted by Gasteiger charge is 2.16. The summed E-state index contributed by atoms with van der Waals surface area (Å²) < 4.78 is 1.95. The van der Waals surface area contributed by atoms with Crippen molar-refractivity contribution in [3.05, 3.63) is 35.5 Å². The van der Waals surface area contributed by atoms with Gasteiger partial charge in [0.1, 0.15) is 0 Å². The lowest BCUT2D eigenvalue weighted by Crippen LogP contribution is -2.09. The molecule has 1 aromatic heterocycles. The fourth-order valence-corrected chi connectivity index (χ4v) is 2.30. The minimum atomic E-state index is 0.264. The molecule has 2 aromatic rings. The van der Waals surface area contributed by atoms with Crippen molar-refractivity contribution in [1.29, 1.82) is 0 Å². The van der Waals surface area contributed by atoms with E-state index in [4.69, 9.17) is 5.73 Å². The van der Waals surface area contributed by atoms with Crippen molar-refractivity contribution in [3.8, 4) is 0 Å². The first-order valence-corrected chi connectivity index (χ1v) is 7.12. The van der Waals surface area contributed by atoms with Crippen LogP contribution in [-0.2, 0) is 0 Å². The van der Waals surface area contributed by atoms with Crippen molar-refractivity contribution >= 4 is 17.2 Å². The first-order chi connectivity index (χ1) is 9.41. The third-order valence-electron chi connectivity index (χ3n) is 3.46. The van der Waals surface area contributed by atoms with Gasteiger partial charge in [0.2, 0.25) is 0 Å². The van der Waals surface area contributed by atoms with Crippen LogP contribution in [0.5, 0.6) is 0 Å². The lowest BCUT2D eigenvalue weighted by molar-refractivity contribution is 0.536. The van der Waals surface area contributed by atoms with E-state index in [9.17, 15) is 0 Å². The van der Waals surface area contributed by atoms with Gasteiger partial charge in [0, 0.05) is 11.7 Å². The Morgan fingerprint density at radius 1 is 1.15 bits per heavy atom. The van der Waals surface area contributed by atoms with Gasteiger partial charge in [-0.1, -0.05) is 32.0 Å². The first-order valence-electron chi connectivity index (χ1n) is 7.12. The second kappa shape index (κ2) is 5.57. The van der Waals surface area contributed by atoms with Gasteiger partial charge in [-0.15, -0.1) is 0 Å². The summed E-state index contributed by atoms with van der Waals surface area (Å²) in [7, 11) is 0. The van der Waals surface area contributed by atoms with Crippen molar-refractivity contribution in [1.82, 2.24) is 9.78 Å². The molecule has 0 unspecified atom stereocenters. The Hall–Kier alpha value is -1.97. The summed E-state index contributed by atoms with van der Waals surface area (Å²) in [6, 6.07) is 8.59. The van der Waals surface area contributed by atoms with Crippen molar-refractivity contribution in [2.45, 2.75) is 46.6 Å². The van der Waals surface area contributed by atoms with Crippen LogP contribution in [0.4, 0.5) is 17.2 Å². The second-order valence-electron chi connectivity index (χ2n) is 5.75. The number of rotatable bonds is 4. The van der Waals surface area contributed by atoms with Crippen LogP contribution in [0.1, 0.15) is 50.9 Å². The van der Waals surface area contributed by atoms with Crippen LogP contribution in [-0.4, -0.2) is 9.78 Å². The molecule has 1 aromatic carbocycles. The van der Waals surface area contributed by atoms with Crippen LogP contribution in [0, 0.1) is 6.92 Å². The average molecular weight is 272 g/mol. The van der Waals surface area contributed by atoms with E-state index in [0.29, 0.717) is 5.92 Å². The van der Waals surface area contributed by atoms with Crippen LogP contribution >= 0.6 is 0 Å². The molecule has 0 spiro atoms. The zero-order valence-corrected chi connectivity index (χ0v) is 12.9. The number of nitrogen functional groups attached to an aromatic ring is 1. The third kappa shape index (κ3) is 2.64. The number of benzene rings is 1. The maximum atomic E-state index is 6.17. The SMILES string of the molecule is Cc1nn(C(C)C)c(Nc2ccccc2C(C)C)c1N. The van der Waals surface area contributed by atoms with E-state index < -0.39 is 0 Å². The molecule has 0 aliphatic heterocycles. The van der Waals surface area contributed by atoms with Crippen molar-refractivity contribution in [2.24, 2.45) is 0 Å². The summed E-state index contributed by atoms with van der Waals surface area (Å²) >= 11 is 0. The molecule has 2 rings (SSSR count). The number of hydrogen-bond acceptors (Lipinski definition) is 3. The first kappa shape index (κ1) is 14.4. The van der Waals surface area contributed by atoms with E-state index in [1.54, 1.807) is 0 Å². The normalized spacial score (nSPS) is 11.3. The number of aryl methyl sites for hydroxylation is 1. The number of nitrogens with two attached hydrogens (primary N) is 1. The molecular weight excluding hydrogens is 248 g/mol. The van der Waals surface area contributed by atoms with Crippen molar-refractivity contribution < 1.29 is 0 Å². The lowest BCUT2D eigenvalue weighted by atomic mass is 10.0. The molecule has 4 heteroatoms. The molecule has 4 nitrogen and oxygen atoms in total. The summed E-state index contributed by atoms with van der Waals surface area (Å²) in [5.74, 6) is 1.34. The van der Waals surface area contributed by atoms with E-state index in [0.717, 1.165) is 22.9 Å². The Bertz CT molecular complexity index is 597. The maximum absolute atomic E-state index is 6.17. The molecule has 0 saturated carbocycles. The number of nitrogens with one attached hydrogen (secondary N) is 1. The molecule has 0 amide bonds. The predicted molar refractivity (Wildman–Crippen MR) is 85.6 cm³/mol. The van der Waals surface area contributed by atoms with Gasteiger partial charge in [0.25, 0.3) is 0 Å². The minimum absolute atomic E-state index is 0.264. The topological polar surface area (TPSA) is 55.9 Å². The molecule has 1 heterocycles. The van der Waals surface area contributed by atoms with Gasteiger partial charge in [-0.2, -0.15) is 5.10 Å². The highest BCUT2D eigenvalue weighted by atomic mass is 15.4. The van der Waals surface area contributed by atoms with E-state index in [1.807, 2.05) is 17.7 Å². The van der Waals surface area contributed by atoms with E-state index in [-0.39, 0.29) is 6.04 Å². The molecule has 0 fully saturated rings. The summed E-state index contributed by atoms with van der Waals surface area (Å²) in [5.41, 5.74) is 10.1. The Morgan fingerprint density at radius 3 is 2.40 bits per heavy atom. The van der Waals surface area contributed by atoms with Crippen LogP contribution in [0.15, 0.2) is 24.3 Å². The monoisotopic (exact) mass is 272 g/mol. The highest BCUT2D eigenvalue weighted by Crippen LogP contribution is 2.32. The largest absolute Gasteiger partial charge is 0.394 e. The molecule has 0 atom stereocenters.